The number of benzene rings is 1. The molecule has 0 aliphatic carbocycles. The van der Waals surface area contributed by atoms with Crippen LogP contribution in [0.4, 0.5) is 5.69 Å². The van der Waals surface area contributed by atoms with Gasteiger partial charge in [0.1, 0.15) is 14.4 Å². The summed E-state index contributed by atoms with van der Waals surface area (Å²) >= 11 is 0. The van der Waals surface area contributed by atoms with Crippen molar-refractivity contribution in [2.75, 3.05) is 5.73 Å². The number of carbonyl (C=O) groups is 1. The van der Waals surface area contributed by atoms with Crippen LogP contribution in [-0.4, -0.2) is 14.4 Å². The van der Waals surface area contributed by atoms with E-state index in [4.69, 9.17) is 5.73 Å². The molecule has 0 aliphatic rings. The third-order valence-corrected chi connectivity index (χ3v) is 2.57. The monoisotopic (exact) mass is 217 g/mol. The molecule has 78 valence electrons. The van der Waals surface area contributed by atoms with Crippen molar-refractivity contribution < 1.29 is 4.79 Å². The molecule has 0 radical (unpaired) electrons. The van der Waals surface area contributed by atoms with Gasteiger partial charge in [-0.05, 0) is 18.2 Å². The largest absolute Gasteiger partial charge is 0.399 e. The van der Waals surface area contributed by atoms with E-state index in [0.717, 1.165) is 11.8 Å². The van der Waals surface area contributed by atoms with E-state index in [2.05, 4.69) is 31.1 Å². The summed E-state index contributed by atoms with van der Waals surface area (Å²) in [7, 11) is -1.38. The zero-order chi connectivity index (χ0) is 11.5. The fourth-order valence-corrected chi connectivity index (χ4v) is 1.60. The molecule has 0 atom stereocenters. The van der Waals surface area contributed by atoms with E-state index in [9.17, 15) is 4.79 Å². The number of nitrogens with two attached hydrogens (primary N) is 1. The van der Waals surface area contributed by atoms with Crippen LogP contribution < -0.4 is 5.73 Å². The minimum atomic E-state index is -1.38. The van der Waals surface area contributed by atoms with Gasteiger partial charge in [0.15, 0.2) is 0 Å². The second-order valence-corrected chi connectivity index (χ2v) is 9.26. The molecule has 1 rings (SSSR count). The van der Waals surface area contributed by atoms with Crippen LogP contribution in [-0.2, 0) is 0 Å². The molecule has 0 amide bonds. The van der Waals surface area contributed by atoms with Gasteiger partial charge < -0.3 is 5.73 Å². The normalized spacial score (nSPS) is 10.3. The Labute approximate surface area is 91.5 Å². The van der Waals surface area contributed by atoms with Crippen LogP contribution in [0.15, 0.2) is 18.2 Å². The van der Waals surface area contributed by atoms with Gasteiger partial charge in [-0.25, -0.2) is 0 Å². The van der Waals surface area contributed by atoms with E-state index < -0.39 is 8.07 Å². The molecule has 1 aromatic carbocycles. The first-order chi connectivity index (χ1) is 6.90. The Morgan fingerprint density at radius 3 is 2.47 bits per heavy atom. The lowest BCUT2D eigenvalue weighted by Gasteiger charge is -2.03. The van der Waals surface area contributed by atoms with Crippen molar-refractivity contribution in [1.29, 1.82) is 0 Å². The van der Waals surface area contributed by atoms with Crippen molar-refractivity contribution in [3.05, 3.63) is 29.3 Å². The van der Waals surface area contributed by atoms with Crippen LogP contribution in [0.1, 0.15) is 15.9 Å². The van der Waals surface area contributed by atoms with Crippen molar-refractivity contribution >= 4 is 20.0 Å². The minimum Gasteiger partial charge on any atom is -0.399 e. The number of rotatable bonds is 1. The highest BCUT2D eigenvalue weighted by atomic mass is 28.3. The molecule has 0 fully saturated rings. The van der Waals surface area contributed by atoms with Gasteiger partial charge in [0, 0.05) is 16.8 Å². The molecule has 0 unspecified atom stereocenters. The number of nitrogen functional groups attached to an aromatic ring is 1. The maximum absolute atomic E-state index is 10.6. The molecular formula is C12H15NOSi. The van der Waals surface area contributed by atoms with Crippen molar-refractivity contribution in [1.82, 2.24) is 0 Å². The second kappa shape index (κ2) is 4.33. The van der Waals surface area contributed by atoms with E-state index in [-0.39, 0.29) is 0 Å². The predicted molar refractivity (Wildman–Crippen MR) is 66.5 cm³/mol. The lowest BCUT2D eigenvalue weighted by Crippen LogP contribution is -2.16. The minimum absolute atomic E-state index is 0.579. The molecule has 1 aromatic rings. The maximum Gasteiger partial charge on any atom is 0.150 e. The van der Waals surface area contributed by atoms with Gasteiger partial charge >= 0.3 is 0 Å². The number of hydrogen-bond acceptors (Lipinski definition) is 2. The van der Waals surface area contributed by atoms with Gasteiger partial charge in [-0.15, -0.1) is 5.54 Å². The van der Waals surface area contributed by atoms with Gasteiger partial charge in [0.2, 0.25) is 0 Å². The third-order valence-electron chi connectivity index (χ3n) is 1.70. The van der Waals surface area contributed by atoms with Gasteiger partial charge in [0.05, 0.1) is 0 Å². The standard InChI is InChI=1S/C12H15NOSi/c1-15(2,3)5-4-10-6-11(9-14)8-12(13)7-10/h6-9H,13H2,1-3H3. The molecule has 0 aliphatic heterocycles. The summed E-state index contributed by atoms with van der Waals surface area (Å²) in [6.45, 7) is 6.52. The van der Waals surface area contributed by atoms with Gasteiger partial charge in [0.25, 0.3) is 0 Å². The predicted octanol–water partition coefficient (Wildman–Crippen LogP) is 2.31. The van der Waals surface area contributed by atoms with E-state index in [1.807, 2.05) is 0 Å². The molecule has 2 nitrogen and oxygen atoms in total. The topological polar surface area (TPSA) is 43.1 Å². The van der Waals surface area contributed by atoms with E-state index in [0.29, 0.717) is 11.3 Å². The molecule has 0 saturated carbocycles. The summed E-state index contributed by atoms with van der Waals surface area (Å²) < 4.78 is 0. The van der Waals surface area contributed by atoms with Crippen LogP contribution >= 0.6 is 0 Å². The molecule has 2 N–H and O–H groups in total. The molecule has 0 spiro atoms. The average Bonchev–Trinajstić information content (AvgIpc) is 2.13. The zero-order valence-electron chi connectivity index (χ0n) is 9.29. The molecular weight excluding hydrogens is 202 g/mol. The molecule has 0 heterocycles. The lowest BCUT2D eigenvalue weighted by molar-refractivity contribution is 0.112. The highest BCUT2D eigenvalue weighted by Gasteiger charge is 2.07. The molecule has 0 bridgehead atoms. The van der Waals surface area contributed by atoms with Crippen molar-refractivity contribution in [3.63, 3.8) is 0 Å². The van der Waals surface area contributed by atoms with Gasteiger partial charge in [-0.2, -0.15) is 0 Å². The Balaban J connectivity index is 3.09. The molecule has 15 heavy (non-hydrogen) atoms. The van der Waals surface area contributed by atoms with Crippen LogP contribution in [0.2, 0.25) is 19.6 Å². The highest BCUT2D eigenvalue weighted by Crippen LogP contribution is 2.10. The maximum atomic E-state index is 10.6. The Bertz CT molecular complexity index is 435. The van der Waals surface area contributed by atoms with Crippen molar-refractivity contribution in [2.24, 2.45) is 0 Å². The first kappa shape index (κ1) is 11.5. The van der Waals surface area contributed by atoms with E-state index >= 15 is 0 Å². The second-order valence-electron chi connectivity index (χ2n) is 4.51. The number of carbonyl (C=O) groups excluding carboxylic acids is 1. The Morgan fingerprint density at radius 2 is 1.93 bits per heavy atom. The number of aldehydes is 1. The van der Waals surface area contributed by atoms with Crippen LogP contribution in [0.25, 0.3) is 0 Å². The van der Waals surface area contributed by atoms with E-state index in [1.54, 1.807) is 18.2 Å². The summed E-state index contributed by atoms with van der Waals surface area (Å²) in [5.74, 6) is 3.07. The van der Waals surface area contributed by atoms with Gasteiger partial charge in [-0.1, -0.05) is 25.6 Å². The smallest absolute Gasteiger partial charge is 0.150 e. The molecule has 3 heteroatoms. The first-order valence-corrected chi connectivity index (χ1v) is 8.30. The Hall–Kier alpha value is -1.53. The van der Waals surface area contributed by atoms with Gasteiger partial charge in [-0.3, -0.25) is 4.79 Å². The number of hydrogen-bond donors (Lipinski definition) is 1. The summed E-state index contributed by atoms with van der Waals surface area (Å²) in [6.07, 6.45) is 0.788. The van der Waals surface area contributed by atoms with Crippen LogP contribution in [0.5, 0.6) is 0 Å². The van der Waals surface area contributed by atoms with Crippen molar-refractivity contribution in [2.45, 2.75) is 19.6 Å². The zero-order valence-corrected chi connectivity index (χ0v) is 10.3. The fraction of sp³-hybridized carbons (Fsp3) is 0.250. The summed E-state index contributed by atoms with van der Waals surface area (Å²) in [6, 6.07) is 5.20. The average molecular weight is 217 g/mol. The van der Waals surface area contributed by atoms with Crippen LogP contribution in [0.3, 0.4) is 0 Å². The third kappa shape index (κ3) is 4.01. The Morgan fingerprint density at radius 1 is 1.27 bits per heavy atom. The summed E-state index contributed by atoms with van der Waals surface area (Å²) in [4.78, 5) is 10.6. The number of anilines is 1. The SMILES string of the molecule is C[Si](C)(C)C#Cc1cc(N)cc(C=O)c1. The van der Waals surface area contributed by atoms with Crippen LogP contribution in [0, 0.1) is 11.5 Å². The molecule has 0 saturated heterocycles. The Kier molecular flexibility index (Phi) is 3.33. The van der Waals surface area contributed by atoms with Crippen molar-refractivity contribution in [3.8, 4) is 11.5 Å². The summed E-state index contributed by atoms with van der Waals surface area (Å²) in [5, 5.41) is 0. The fourth-order valence-electron chi connectivity index (χ4n) is 1.08. The van der Waals surface area contributed by atoms with E-state index in [1.165, 1.54) is 0 Å². The molecule has 0 aromatic heterocycles. The first-order valence-electron chi connectivity index (χ1n) is 4.80. The highest BCUT2D eigenvalue weighted by molar-refractivity contribution is 6.83. The quantitative estimate of drug-likeness (QED) is 0.339. The lowest BCUT2D eigenvalue weighted by atomic mass is 10.1. The summed E-state index contributed by atoms with van der Waals surface area (Å²) in [5.41, 5.74) is 10.9.